The van der Waals surface area contributed by atoms with Crippen LogP contribution in [0.25, 0.3) is 0 Å². The molecular formula is C13H17NO4. The fourth-order valence-electron chi connectivity index (χ4n) is 2.03. The molecule has 0 fully saturated rings. The first-order valence-electron chi connectivity index (χ1n) is 5.66. The van der Waals surface area contributed by atoms with E-state index in [-0.39, 0.29) is 17.9 Å². The second-order valence-corrected chi connectivity index (χ2v) is 3.86. The van der Waals surface area contributed by atoms with Gasteiger partial charge >= 0.3 is 11.9 Å². The quantitative estimate of drug-likeness (QED) is 0.643. The van der Waals surface area contributed by atoms with Crippen LogP contribution in [-0.2, 0) is 11.3 Å². The van der Waals surface area contributed by atoms with Gasteiger partial charge in [0.15, 0.2) is 0 Å². The number of aromatic carboxylic acids is 1. The van der Waals surface area contributed by atoms with Crippen LogP contribution >= 0.6 is 0 Å². The third-order valence-corrected chi connectivity index (χ3v) is 2.76. The summed E-state index contributed by atoms with van der Waals surface area (Å²) in [4.78, 5) is 23.1. The normalized spacial score (nSPS) is 10.2. The molecule has 0 atom stereocenters. The first kappa shape index (κ1) is 14.0. The second-order valence-electron chi connectivity index (χ2n) is 3.86. The topological polar surface area (TPSA) is 68.5 Å². The zero-order chi connectivity index (χ0) is 13.9. The Kier molecular flexibility index (Phi) is 4.31. The van der Waals surface area contributed by atoms with Crippen molar-refractivity contribution in [3.8, 4) is 0 Å². The van der Waals surface area contributed by atoms with Gasteiger partial charge in [-0.05, 0) is 26.3 Å². The van der Waals surface area contributed by atoms with Crippen LogP contribution in [0, 0.1) is 13.8 Å². The van der Waals surface area contributed by atoms with Crippen molar-refractivity contribution >= 4 is 11.9 Å². The molecular weight excluding hydrogens is 234 g/mol. The number of hydrogen-bond donors (Lipinski definition) is 1. The molecule has 1 heterocycles. The zero-order valence-electron chi connectivity index (χ0n) is 10.8. The summed E-state index contributed by atoms with van der Waals surface area (Å²) in [7, 11) is 0. The van der Waals surface area contributed by atoms with Crippen LogP contribution in [0.1, 0.15) is 39.0 Å². The molecule has 0 radical (unpaired) electrons. The standard InChI is InChI=1S/C13H17NO4/c1-5-7-14-9(4)10(12(15)16)8(3)11(14)13(17)18-6-2/h5H,1,6-7H2,2-4H3,(H,15,16). The summed E-state index contributed by atoms with van der Waals surface area (Å²) in [5.41, 5.74) is 1.40. The van der Waals surface area contributed by atoms with Crippen molar-refractivity contribution in [1.82, 2.24) is 4.57 Å². The number of allylic oxidation sites excluding steroid dienone is 1. The van der Waals surface area contributed by atoms with Crippen LogP contribution in [0.5, 0.6) is 0 Å². The third-order valence-electron chi connectivity index (χ3n) is 2.76. The molecule has 0 aromatic carbocycles. The summed E-state index contributed by atoms with van der Waals surface area (Å²) in [6.07, 6.45) is 1.61. The highest BCUT2D eigenvalue weighted by Crippen LogP contribution is 2.23. The Hall–Kier alpha value is -2.04. The van der Waals surface area contributed by atoms with Crippen molar-refractivity contribution in [3.05, 3.63) is 35.2 Å². The number of hydrogen-bond acceptors (Lipinski definition) is 3. The van der Waals surface area contributed by atoms with Crippen molar-refractivity contribution < 1.29 is 19.4 Å². The lowest BCUT2D eigenvalue weighted by Gasteiger charge is -2.08. The van der Waals surface area contributed by atoms with Crippen LogP contribution in [0.4, 0.5) is 0 Å². The van der Waals surface area contributed by atoms with Gasteiger partial charge in [-0.2, -0.15) is 0 Å². The maximum absolute atomic E-state index is 11.9. The van der Waals surface area contributed by atoms with Gasteiger partial charge in [-0.3, -0.25) is 0 Å². The SMILES string of the molecule is C=CCn1c(C)c(C(=O)O)c(C)c1C(=O)OCC. The Labute approximate surface area is 106 Å². The number of esters is 1. The predicted molar refractivity (Wildman–Crippen MR) is 67.0 cm³/mol. The van der Waals surface area contributed by atoms with Crippen molar-refractivity contribution in [2.24, 2.45) is 0 Å². The Morgan fingerprint density at radius 3 is 2.50 bits per heavy atom. The second kappa shape index (κ2) is 5.53. The Morgan fingerprint density at radius 1 is 1.44 bits per heavy atom. The van der Waals surface area contributed by atoms with Crippen LogP contribution in [-0.4, -0.2) is 28.2 Å². The van der Waals surface area contributed by atoms with E-state index in [1.54, 1.807) is 31.4 Å². The number of nitrogens with zero attached hydrogens (tertiary/aromatic N) is 1. The number of carboxylic acid groups (broad SMARTS) is 1. The van der Waals surface area contributed by atoms with E-state index in [0.717, 1.165) is 0 Å². The molecule has 1 N–H and O–H groups in total. The van der Waals surface area contributed by atoms with E-state index in [2.05, 4.69) is 6.58 Å². The Balaban J connectivity index is 3.47. The van der Waals surface area contributed by atoms with Gasteiger partial charge in [-0.15, -0.1) is 6.58 Å². The van der Waals surface area contributed by atoms with Crippen molar-refractivity contribution in [2.45, 2.75) is 27.3 Å². The van der Waals surface area contributed by atoms with E-state index in [1.165, 1.54) is 0 Å². The molecule has 0 bridgehead atoms. The van der Waals surface area contributed by atoms with Gasteiger partial charge in [0.25, 0.3) is 0 Å². The molecule has 5 heteroatoms. The van der Waals surface area contributed by atoms with E-state index in [1.807, 2.05) is 0 Å². The van der Waals surface area contributed by atoms with Gasteiger partial charge in [-0.1, -0.05) is 6.08 Å². The fraction of sp³-hybridized carbons (Fsp3) is 0.385. The molecule has 1 aromatic rings. The number of aromatic nitrogens is 1. The highest BCUT2D eigenvalue weighted by Gasteiger charge is 2.26. The number of rotatable bonds is 5. The fourth-order valence-corrected chi connectivity index (χ4v) is 2.03. The summed E-state index contributed by atoms with van der Waals surface area (Å²) in [6, 6.07) is 0. The van der Waals surface area contributed by atoms with Gasteiger partial charge < -0.3 is 14.4 Å². The van der Waals surface area contributed by atoms with E-state index >= 15 is 0 Å². The maximum Gasteiger partial charge on any atom is 0.355 e. The first-order chi connectivity index (χ1) is 8.45. The van der Waals surface area contributed by atoms with Crippen LogP contribution in [0.15, 0.2) is 12.7 Å². The van der Waals surface area contributed by atoms with Crippen LogP contribution in [0.3, 0.4) is 0 Å². The molecule has 0 unspecified atom stereocenters. The van der Waals surface area contributed by atoms with Crippen LogP contribution in [0.2, 0.25) is 0 Å². The van der Waals surface area contributed by atoms with Gasteiger partial charge in [0, 0.05) is 12.2 Å². The smallest absolute Gasteiger partial charge is 0.355 e. The minimum Gasteiger partial charge on any atom is -0.478 e. The number of carbonyl (C=O) groups is 2. The largest absolute Gasteiger partial charge is 0.478 e. The summed E-state index contributed by atoms with van der Waals surface area (Å²) < 4.78 is 6.57. The number of ether oxygens (including phenoxy) is 1. The van der Waals surface area contributed by atoms with Gasteiger partial charge in [0.1, 0.15) is 5.69 Å². The number of carbonyl (C=O) groups excluding carboxylic acids is 1. The molecule has 1 rings (SSSR count). The Bertz CT molecular complexity index is 500. The Morgan fingerprint density at radius 2 is 2.06 bits per heavy atom. The average Bonchev–Trinajstić information content (AvgIpc) is 2.51. The van der Waals surface area contributed by atoms with Crippen molar-refractivity contribution in [3.63, 3.8) is 0 Å². The molecule has 5 nitrogen and oxygen atoms in total. The van der Waals surface area contributed by atoms with Gasteiger partial charge in [0.2, 0.25) is 0 Å². The zero-order valence-corrected chi connectivity index (χ0v) is 10.8. The summed E-state index contributed by atoms with van der Waals surface area (Å²) in [6.45, 7) is 9.22. The minimum atomic E-state index is -1.04. The molecule has 0 amide bonds. The molecule has 0 spiro atoms. The van der Waals surface area contributed by atoms with E-state index in [0.29, 0.717) is 17.8 Å². The van der Waals surface area contributed by atoms with E-state index in [4.69, 9.17) is 4.74 Å². The van der Waals surface area contributed by atoms with Crippen LogP contribution < -0.4 is 0 Å². The molecule has 0 aliphatic carbocycles. The lowest BCUT2D eigenvalue weighted by molar-refractivity contribution is 0.0513. The summed E-state index contributed by atoms with van der Waals surface area (Å²) in [5.74, 6) is -1.55. The first-order valence-corrected chi connectivity index (χ1v) is 5.66. The highest BCUT2D eigenvalue weighted by atomic mass is 16.5. The number of carboxylic acids is 1. The lowest BCUT2D eigenvalue weighted by atomic mass is 10.1. The molecule has 0 aliphatic rings. The van der Waals surface area contributed by atoms with E-state index < -0.39 is 11.9 Å². The summed E-state index contributed by atoms with van der Waals surface area (Å²) in [5, 5.41) is 9.17. The molecule has 1 aromatic heterocycles. The molecule has 0 saturated carbocycles. The molecule has 18 heavy (non-hydrogen) atoms. The molecule has 0 saturated heterocycles. The van der Waals surface area contributed by atoms with E-state index in [9.17, 15) is 14.7 Å². The lowest BCUT2D eigenvalue weighted by Crippen LogP contribution is -2.13. The van der Waals surface area contributed by atoms with Crippen molar-refractivity contribution in [1.29, 1.82) is 0 Å². The minimum absolute atomic E-state index is 0.153. The van der Waals surface area contributed by atoms with Gasteiger partial charge in [-0.25, -0.2) is 9.59 Å². The monoisotopic (exact) mass is 251 g/mol. The third kappa shape index (κ3) is 2.30. The maximum atomic E-state index is 11.9. The highest BCUT2D eigenvalue weighted by molar-refractivity contribution is 5.98. The molecule has 98 valence electrons. The van der Waals surface area contributed by atoms with Crippen molar-refractivity contribution in [2.75, 3.05) is 6.61 Å². The molecule has 0 aliphatic heterocycles. The summed E-state index contributed by atoms with van der Waals surface area (Å²) >= 11 is 0. The van der Waals surface area contributed by atoms with Gasteiger partial charge in [0.05, 0.1) is 12.2 Å². The average molecular weight is 251 g/mol. The predicted octanol–water partition coefficient (Wildman–Crippen LogP) is 2.17.